The number of β-amino-alcohol motifs (C(OH)–C–C–N with tert-alkyl or cyclic N) is 1. The molecule has 1 unspecified atom stereocenters. The highest BCUT2D eigenvalue weighted by molar-refractivity contribution is 5.77. The molecule has 1 atom stereocenters. The van der Waals surface area contributed by atoms with E-state index in [0.717, 1.165) is 11.8 Å². The summed E-state index contributed by atoms with van der Waals surface area (Å²) in [6.45, 7) is 0.959. The van der Waals surface area contributed by atoms with Crippen LogP contribution in [0.3, 0.4) is 0 Å². The van der Waals surface area contributed by atoms with E-state index in [4.69, 9.17) is 5.26 Å². The lowest BCUT2D eigenvalue weighted by atomic mass is 9.63. The first-order valence-electron chi connectivity index (χ1n) is 8.48. The predicted molar refractivity (Wildman–Crippen MR) is 79.2 cm³/mol. The molecule has 0 bridgehead atoms. The van der Waals surface area contributed by atoms with Gasteiger partial charge in [0, 0.05) is 13.0 Å². The molecule has 3 aliphatic rings. The van der Waals surface area contributed by atoms with Crippen LogP contribution in [0.25, 0.3) is 0 Å². The maximum absolute atomic E-state index is 12.6. The molecule has 3 fully saturated rings. The maximum atomic E-state index is 12.6. The van der Waals surface area contributed by atoms with Crippen molar-refractivity contribution in [3.63, 3.8) is 0 Å². The van der Waals surface area contributed by atoms with Gasteiger partial charge >= 0.3 is 0 Å². The van der Waals surface area contributed by atoms with Crippen LogP contribution in [-0.2, 0) is 4.79 Å². The Labute approximate surface area is 127 Å². The summed E-state index contributed by atoms with van der Waals surface area (Å²) >= 11 is 0. The second-order valence-corrected chi connectivity index (χ2v) is 7.37. The predicted octanol–water partition coefficient (Wildman–Crippen LogP) is 2.47. The van der Waals surface area contributed by atoms with Crippen molar-refractivity contribution >= 4 is 5.91 Å². The van der Waals surface area contributed by atoms with Crippen molar-refractivity contribution in [2.45, 2.75) is 63.4 Å². The van der Waals surface area contributed by atoms with E-state index in [9.17, 15) is 9.90 Å². The van der Waals surface area contributed by atoms with Crippen molar-refractivity contribution in [1.29, 1.82) is 5.26 Å². The third-order valence-electron chi connectivity index (χ3n) is 6.01. The van der Waals surface area contributed by atoms with E-state index in [1.165, 1.54) is 38.5 Å². The number of nitriles is 1. The third kappa shape index (κ3) is 3.08. The van der Waals surface area contributed by atoms with Crippen LogP contribution in [0.1, 0.15) is 57.8 Å². The first kappa shape index (κ1) is 14.8. The van der Waals surface area contributed by atoms with Crippen molar-refractivity contribution in [2.75, 3.05) is 13.1 Å². The summed E-state index contributed by atoms with van der Waals surface area (Å²) in [6, 6.07) is 2.04. The van der Waals surface area contributed by atoms with E-state index in [2.05, 4.69) is 0 Å². The van der Waals surface area contributed by atoms with Crippen LogP contribution >= 0.6 is 0 Å². The van der Waals surface area contributed by atoms with E-state index in [0.29, 0.717) is 31.8 Å². The molecule has 2 saturated carbocycles. The number of rotatable bonds is 5. The minimum atomic E-state index is -0.965. The van der Waals surface area contributed by atoms with Crippen LogP contribution in [0.2, 0.25) is 0 Å². The Hall–Kier alpha value is -1.08. The van der Waals surface area contributed by atoms with Crippen molar-refractivity contribution in [1.82, 2.24) is 4.90 Å². The zero-order chi connectivity index (χ0) is 14.9. The molecule has 21 heavy (non-hydrogen) atoms. The number of aliphatic hydroxyl groups is 1. The van der Waals surface area contributed by atoms with Gasteiger partial charge in [-0.3, -0.25) is 4.79 Å². The Kier molecular flexibility index (Phi) is 4.21. The Balaban J connectivity index is 1.56. The molecule has 1 aliphatic heterocycles. The van der Waals surface area contributed by atoms with Gasteiger partial charge in [-0.2, -0.15) is 5.26 Å². The van der Waals surface area contributed by atoms with E-state index < -0.39 is 5.60 Å². The van der Waals surface area contributed by atoms with E-state index in [-0.39, 0.29) is 12.3 Å². The quantitative estimate of drug-likeness (QED) is 0.846. The zero-order valence-corrected chi connectivity index (χ0v) is 12.8. The van der Waals surface area contributed by atoms with Gasteiger partial charge in [0.25, 0.3) is 0 Å². The number of likely N-dealkylation sites (tertiary alicyclic amines) is 1. The molecule has 116 valence electrons. The molecule has 0 aromatic carbocycles. The number of nitrogens with zero attached hydrogens (tertiary/aromatic N) is 2. The first-order chi connectivity index (χ1) is 10.1. The minimum absolute atomic E-state index is 0.130. The van der Waals surface area contributed by atoms with Gasteiger partial charge in [0.1, 0.15) is 0 Å². The van der Waals surface area contributed by atoms with Crippen LogP contribution in [-0.4, -0.2) is 34.6 Å². The average molecular weight is 290 g/mol. The molecule has 1 saturated heterocycles. The van der Waals surface area contributed by atoms with Crippen LogP contribution < -0.4 is 0 Å². The molecule has 4 nitrogen and oxygen atoms in total. The fraction of sp³-hybridized carbons (Fsp3) is 0.882. The minimum Gasteiger partial charge on any atom is -0.387 e. The third-order valence-corrected chi connectivity index (χ3v) is 6.01. The Bertz CT molecular complexity index is 423. The number of carbonyl (C=O) groups is 1. The Morgan fingerprint density at radius 1 is 1.29 bits per heavy atom. The van der Waals surface area contributed by atoms with Crippen LogP contribution in [0.4, 0.5) is 0 Å². The highest BCUT2D eigenvalue weighted by Crippen LogP contribution is 2.46. The summed E-state index contributed by atoms with van der Waals surface area (Å²) in [5.74, 6) is 2.30. The lowest BCUT2D eigenvalue weighted by molar-refractivity contribution is -0.134. The molecule has 0 aromatic heterocycles. The lowest BCUT2D eigenvalue weighted by Crippen LogP contribution is -2.40. The molecule has 1 heterocycles. The van der Waals surface area contributed by atoms with Gasteiger partial charge < -0.3 is 10.0 Å². The highest BCUT2D eigenvalue weighted by Gasteiger charge is 2.41. The van der Waals surface area contributed by atoms with E-state index >= 15 is 0 Å². The molecule has 3 rings (SSSR count). The molecule has 0 aromatic rings. The van der Waals surface area contributed by atoms with E-state index in [1.54, 1.807) is 4.90 Å². The summed E-state index contributed by atoms with van der Waals surface area (Å²) < 4.78 is 0. The van der Waals surface area contributed by atoms with Gasteiger partial charge in [0.2, 0.25) is 5.91 Å². The smallest absolute Gasteiger partial charge is 0.222 e. The normalized spacial score (nSPS) is 30.0. The van der Waals surface area contributed by atoms with Gasteiger partial charge in [0.05, 0.1) is 24.6 Å². The molecular weight excluding hydrogens is 264 g/mol. The summed E-state index contributed by atoms with van der Waals surface area (Å²) in [5.41, 5.74) is -0.965. The maximum Gasteiger partial charge on any atom is 0.222 e. The lowest BCUT2D eigenvalue weighted by Gasteiger charge is -2.42. The van der Waals surface area contributed by atoms with Gasteiger partial charge in [-0.05, 0) is 24.2 Å². The fourth-order valence-corrected chi connectivity index (χ4v) is 4.15. The van der Waals surface area contributed by atoms with Gasteiger partial charge in [-0.1, -0.05) is 38.5 Å². The molecule has 2 aliphatic carbocycles. The van der Waals surface area contributed by atoms with Crippen molar-refractivity contribution < 1.29 is 9.90 Å². The summed E-state index contributed by atoms with van der Waals surface area (Å²) in [6.07, 6.45) is 9.19. The molecule has 0 radical (unpaired) electrons. The largest absolute Gasteiger partial charge is 0.387 e. The Morgan fingerprint density at radius 2 is 1.90 bits per heavy atom. The fourth-order valence-electron chi connectivity index (χ4n) is 4.15. The van der Waals surface area contributed by atoms with Gasteiger partial charge in [0.15, 0.2) is 0 Å². The Morgan fingerprint density at radius 3 is 2.38 bits per heavy atom. The van der Waals surface area contributed by atoms with Crippen LogP contribution in [0.5, 0.6) is 0 Å². The summed E-state index contributed by atoms with van der Waals surface area (Å²) in [4.78, 5) is 14.4. The average Bonchev–Trinajstić information content (AvgIpc) is 2.67. The molecule has 1 N–H and O–H groups in total. The second kappa shape index (κ2) is 5.96. The van der Waals surface area contributed by atoms with Gasteiger partial charge in [-0.15, -0.1) is 0 Å². The van der Waals surface area contributed by atoms with Crippen LogP contribution in [0, 0.1) is 29.1 Å². The number of hydrogen-bond donors (Lipinski definition) is 1. The number of hydrogen-bond acceptors (Lipinski definition) is 3. The zero-order valence-electron chi connectivity index (χ0n) is 12.8. The van der Waals surface area contributed by atoms with Crippen molar-refractivity contribution in [2.24, 2.45) is 17.8 Å². The number of amides is 1. The van der Waals surface area contributed by atoms with Crippen molar-refractivity contribution in [3.8, 4) is 6.07 Å². The molecule has 0 spiro atoms. The molecule has 1 amide bonds. The summed E-state index contributed by atoms with van der Waals surface area (Å²) in [7, 11) is 0. The molecule has 4 heteroatoms. The van der Waals surface area contributed by atoms with Crippen LogP contribution in [0.15, 0.2) is 0 Å². The molecular formula is C17H26N2O2. The van der Waals surface area contributed by atoms with Gasteiger partial charge in [-0.25, -0.2) is 0 Å². The van der Waals surface area contributed by atoms with Crippen molar-refractivity contribution in [3.05, 3.63) is 0 Å². The number of carbonyl (C=O) groups excluding carboxylic acids is 1. The SMILES string of the molecule is N#CCC1(O)CCN(C(=O)CC(C2CCC2)C2CCC2)C1. The topological polar surface area (TPSA) is 64.3 Å². The van der Waals surface area contributed by atoms with E-state index in [1.807, 2.05) is 6.07 Å². The second-order valence-electron chi connectivity index (χ2n) is 7.37. The first-order valence-corrected chi connectivity index (χ1v) is 8.48. The monoisotopic (exact) mass is 290 g/mol. The standard InChI is InChI=1S/C17H26N2O2/c18-9-7-17(21)8-10-19(12-17)16(20)11-15(13-3-1-4-13)14-5-2-6-14/h13-15,21H,1-8,10-12H2. The summed E-state index contributed by atoms with van der Waals surface area (Å²) in [5, 5.41) is 19.0. The highest BCUT2D eigenvalue weighted by atomic mass is 16.3.